The van der Waals surface area contributed by atoms with Crippen molar-refractivity contribution in [3.05, 3.63) is 29.8 Å². The highest BCUT2D eigenvalue weighted by atomic mass is 16.5. The van der Waals surface area contributed by atoms with Gasteiger partial charge in [0.1, 0.15) is 6.04 Å². The van der Waals surface area contributed by atoms with Gasteiger partial charge in [0.05, 0.1) is 13.2 Å². The van der Waals surface area contributed by atoms with E-state index in [2.05, 4.69) is 10.2 Å². The van der Waals surface area contributed by atoms with Gasteiger partial charge in [0.2, 0.25) is 0 Å². The van der Waals surface area contributed by atoms with Gasteiger partial charge >= 0.3 is 5.97 Å². The third kappa shape index (κ3) is 4.22. The molecule has 6 heteroatoms. The lowest BCUT2D eigenvalue weighted by atomic mass is 10.1. The average Bonchev–Trinajstić information content (AvgIpc) is 3.39. The maximum absolute atomic E-state index is 12.2. The van der Waals surface area contributed by atoms with Crippen molar-refractivity contribution in [2.24, 2.45) is 5.92 Å². The number of rotatable bonds is 6. The molecule has 124 valence electrons. The van der Waals surface area contributed by atoms with Gasteiger partial charge in [-0.2, -0.15) is 0 Å². The SMILES string of the molecule is O=C(NC(CC1CC1)C(=O)O)c1ccc(N2CCOCC2)cc1. The Morgan fingerprint density at radius 1 is 1.22 bits per heavy atom. The molecular weight excluding hydrogens is 296 g/mol. The Morgan fingerprint density at radius 2 is 1.87 bits per heavy atom. The highest BCUT2D eigenvalue weighted by Gasteiger charge is 2.30. The monoisotopic (exact) mass is 318 g/mol. The summed E-state index contributed by atoms with van der Waals surface area (Å²) >= 11 is 0. The number of hydrogen-bond donors (Lipinski definition) is 2. The summed E-state index contributed by atoms with van der Waals surface area (Å²) in [4.78, 5) is 25.7. The first kappa shape index (κ1) is 15.8. The lowest BCUT2D eigenvalue weighted by Crippen LogP contribution is -2.41. The first-order chi connectivity index (χ1) is 11.1. The minimum absolute atomic E-state index is 0.327. The van der Waals surface area contributed by atoms with E-state index in [9.17, 15) is 14.7 Å². The van der Waals surface area contributed by atoms with Gasteiger partial charge in [0, 0.05) is 24.3 Å². The summed E-state index contributed by atoms with van der Waals surface area (Å²) in [6.07, 6.45) is 2.65. The number of hydrogen-bond acceptors (Lipinski definition) is 4. The number of carbonyl (C=O) groups is 2. The van der Waals surface area contributed by atoms with E-state index in [-0.39, 0.29) is 5.91 Å². The molecule has 0 spiro atoms. The van der Waals surface area contributed by atoms with Gasteiger partial charge in [0.25, 0.3) is 5.91 Å². The van der Waals surface area contributed by atoms with Crippen LogP contribution in [-0.2, 0) is 9.53 Å². The molecule has 1 amide bonds. The maximum Gasteiger partial charge on any atom is 0.326 e. The van der Waals surface area contributed by atoms with E-state index in [4.69, 9.17) is 4.74 Å². The maximum atomic E-state index is 12.2. The quantitative estimate of drug-likeness (QED) is 0.831. The van der Waals surface area contributed by atoms with Crippen LogP contribution >= 0.6 is 0 Å². The van der Waals surface area contributed by atoms with Crippen molar-refractivity contribution in [3.8, 4) is 0 Å². The van der Waals surface area contributed by atoms with E-state index in [1.54, 1.807) is 12.1 Å². The van der Waals surface area contributed by atoms with Crippen LogP contribution in [0.4, 0.5) is 5.69 Å². The highest BCUT2D eigenvalue weighted by molar-refractivity contribution is 5.96. The van der Waals surface area contributed by atoms with Crippen LogP contribution in [0.1, 0.15) is 29.6 Å². The van der Waals surface area contributed by atoms with Gasteiger partial charge in [-0.05, 0) is 36.6 Å². The lowest BCUT2D eigenvalue weighted by molar-refractivity contribution is -0.139. The molecule has 2 N–H and O–H groups in total. The molecule has 1 saturated carbocycles. The second-order valence-corrected chi connectivity index (χ2v) is 6.19. The first-order valence-corrected chi connectivity index (χ1v) is 8.10. The molecular formula is C17H22N2O4. The van der Waals surface area contributed by atoms with E-state index >= 15 is 0 Å². The molecule has 1 aliphatic heterocycles. The number of carboxylic acids is 1. The van der Waals surface area contributed by atoms with E-state index in [0.29, 0.717) is 31.1 Å². The fourth-order valence-corrected chi connectivity index (χ4v) is 2.80. The number of ether oxygens (including phenoxy) is 1. The zero-order valence-electron chi connectivity index (χ0n) is 13.0. The number of morpholine rings is 1. The van der Waals surface area contributed by atoms with Crippen LogP contribution in [0.25, 0.3) is 0 Å². The summed E-state index contributed by atoms with van der Waals surface area (Å²) < 4.78 is 5.32. The Kier molecular flexibility index (Phi) is 4.81. The molecule has 23 heavy (non-hydrogen) atoms. The minimum Gasteiger partial charge on any atom is -0.480 e. The predicted octanol–water partition coefficient (Wildman–Crippen LogP) is 1.51. The smallest absolute Gasteiger partial charge is 0.326 e. The van der Waals surface area contributed by atoms with Crippen LogP contribution in [0.2, 0.25) is 0 Å². The Labute approximate surface area is 135 Å². The fraction of sp³-hybridized carbons (Fsp3) is 0.529. The molecule has 1 aliphatic carbocycles. The topological polar surface area (TPSA) is 78.9 Å². The van der Waals surface area contributed by atoms with Gasteiger partial charge < -0.3 is 20.1 Å². The number of carboxylic acid groups (broad SMARTS) is 1. The lowest BCUT2D eigenvalue weighted by Gasteiger charge is -2.28. The molecule has 0 aromatic heterocycles. The molecule has 6 nitrogen and oxygen atoms in total. The van der Waals surface area contributed by atoms with Crippen molar-refractivity contribution < 1.29 is 19.4 Å². The van der Waals surface area contributed by atoms with Crippen molar-refractivity contribution in [1.82, 2.24) is 5.32 Å². The summed E-state index contributed by atoms with van der Waals surface area (Å²) in [7, 11) is 0. The van der Waals surface area contributed by atoms with Crippen LogP contribution in [0.15, 0.2) is 24.3 Å². The summed E-state index contributed by atoms with van der Waals surface area (Å²) in [5.41, 5.74) is 1.54. The van der Waals surface area contributed by atoms with Gasteiger partial charge in [-0.1, -0.05) is 12.8 Å². The summed E-state index contributed by atoms with van der Waals surface area (Å²) in [5.74, 6) is -0.845. The normalized spacial score (nSPS) is 19.2. The van der Waals surface area contributed by atoms with Crippen molar-refractivity contribution in [1.29, 1.82) is 0 Å². The van der Waals surface area contributed by atoms with E-state index < -0.39 is 12.0 Å². The summed E-state index contributed by atoms with van der Waals surface area (Å²) in [5, 5.41) is 11.9. The largest absolute Gasteiger partial charge is 0.480 e. The number of amides is 1. The number of anilines is 1. The van der Waals surface area contributed by atoms with Crippen molar-refractivity contribution >= 4 is 17.6 Å². The van der Waals surface area contributed by atoms with Crippen LogP contribution in [0.5, 0.6) is 0 Å². The number of carbonyl (C=O) groups excluding carboxylic acids is 1. The second kappa shape index (κ2) is 7.00. The van der Waals surface area contributed by atoms with E-state index in [1.165, 1.54) is 0 Å². The number of aliphatic carboxylic acids is 1. The molecule has 1 unspecified atom stereocenters. The van der Waals surface area contributed by atoms with Crippen LogP contribution in [0.3, 0.4) is 0 Å². The second-order valence-electron chi connectivity index (χ2n) is 6.19. The molecule has 1 aromatic rings. The van der Waals surface area contributed by atoms with E-state index in [0.717, 1.165) is 31.6 Å². The van der Waals surface area contributed by atoms with Crippen molar-refractivity contribution in [2.45, 2.75) is 25.3 Å². The summed E-state index contributed by atoms with van der Waals surface area (Å²) in [6, 6.07) is 6.49. The molecule has 1 heterocycles. The first-order valence-electron chi connectivity index (χ1n) is 8.10. The Morgan fingerprint density at radius 3 is 2.43 bits per heavy atom. The molecule has 2 fully saturated rings. The molecule has 0 bridgehead atoms. The van der Waals surface area contributed by atoms with Gasteiger partial charge in [-0.25, -0.2) is 4.79 Å². The highest BCUT2D eigenvalue weighted by Crippen LogP contribution is 2.33. The molecule has 0 radical (unpaired) electrons. The number of nitrogens with zero attached hydrogens (tertiary/aromatic N) is 1. The average molecular weight is 318 g/mol. The number of nitrogens with one attached hydrogen (secondary N) is 1. The van der Waals surface area contributed by atoms with Gasteiger partial charge in [-0.3, -0.25) is 4.79 Å². The third-order valence-corrected chi connectivity index (χ3v) is 4.38. The zero-order chi connectivity index (χ0) is 16.2. The number of benzene rings is 1. The minimum atomic E-state index is -0.963. The van der Waals surface area contributed by atoms with Crippen molar-refractivity contribution in [2.75, 3.05) is 31.2 Å². The van der Waals surface area contributed by atoms with Crippen LogP contribution < -0.4 is 10.2 Å². The van der Waals surface area contributed by atoms with Crippen molar-refractivity contribution in [3.63, 3.8) is 0 Å². The standard InChI is InChI=1S/C17H22N2O4/c20-16(18-15(17(21)22)11-12-1-2-12)13-3-5-14(6-4-13)19-7-9-23-10-8-19/h3-6,12,15H,1-2,7-11H2,(H,18,20)(H,21,22). The molecule has 1 aromatic carbocycles. The van der Waals surface area contributed by atoms with Gasteiger partial charge in [0.15, 0.2) is 0 Å². The molecule has 3 rings (SSSR count). The predicted molar refractivity (Wildman–Crippen MR) is 85.7 cm³/mol. The molecule has 2 aliphatic rings. The Bertz CT molecular complexity index is 562. The van der Waals surface area contributed by atoms with Gasteiger partial charge in [-0.15, -0.1) is 0 Å². The zero-order valence-corrected chi connectivity index (χ0v) is 13.0. The van der Waals surface area contributed by atoms with Crippen LogP contribution in [0, 0.1) is 5.92 Å². The molecule has 1 saturated heterocycles. The third-order valence-electron chi connectivity index (χ3n) is 4.38. The Balaban J connectivity index is 1.60. The fourth-order valence-electron chi connectivity index (χ4n) is 2.80. The molecule has 1 atom stereocenters. The van der Waals surface area contributed by atoms with Crippen LogP contribution in [-0.4, -0.2) is 49.3 Å². The summed E-state index contributed by atoms with van der Waals surface area (Å²) in [6.45, 7) is 3.11. The van der Waals surface area contributed by atoms with E-state index in [1.807, 2.05) is 12.1 Å². The Hall–Kier alpha value is -2.08.